The highest BCUT2D eigenvalue weighted by Gasteiger charge is 2.24. The van der Waals surface area contributed by atoms with Crippen molar-refractivity contribution in [1.29, 1.82) is 0 Å². The maximum Gasteiger partial charge on any atom is 0.410 e. The van der Waals surface area contributed by atoms with Crippen LogP contribution in [0.4, 0.5) is 0 Å². The number of nitrogens with zero attached hydrogens (tertiary/aromatic N) is 4. The number of hydrogen-bond acceptors (Lipinski definition) is 4. The Morgan fingerprint density at radius 1 is 0.950 bits per heavy atom. The molecule has 0 N–H and O–H groups in total. The standard InChI is InChI=1S/C14H8N4O2/c19-17-11-7-3-1-5-9(11)15-13-14(17)16-10-6-2-4-8-12(10)18(13)20/h1-8H. The van der Waals surface area contributed by atoms with E-state index in [0.717, 1.165) is 0 Å². The van der Waals surface area contributed by atoms with Crippen LogP contribution >= 0.6 is 0 Å². The quantitative estimate of drug-likeness (QED) is 0.359. The van der Waals surface area contributed by atoms with Gasteiger partial charge in [0.2, 0.25) is 11.3 Å². The maximum absolute atomic E-state index is 12.3. The normalized spacial score (nSPS) is 11.4. The molecule has 0 aromatic heterocycles. The summed E-state index contributed by atoms with van der Waals surface area (Å²) in [5.74, 6) is 0.0507. The van der Waals surface area contributed by atoms with Crippen LogP contribution in [0, 0.1) is 10.1 Å². The molecular weight excluding hydrogens is 256 g/mol. The zero-order chi connectivity index (χ0) is 13.7. The molecule has 2 aromatic rings. The van der Waals surface area contributed by atoms with Gasteiger partial charge in [0, 0.05) is 4.43 Å². The molecule has 4 rings (SSSR count). The average Bonchev–Trinajstić information content (AvgIpc) is 2.49. The fraction of sp³-hybridized carbons (Fsp3) is 0. The van der Waals surface area contributed by atoms with Crippen molar-refractivity contribution in [2.45, 2.75) is 0 Å². The van der Waals surface area contributed by atoms with Gasteiger partial charge in [0.1, 0.15) is 5.52 Å². The fourth-order valence-electron chi connectivity index (χ4n) is 2.29. The molecule has 0 atom stereocenters. The van der Waals surface area contributed by atoms with E-state index in [0.29, 0.717) is 31.2 Å². The number of fused-ring (bicyclic) bond motifs is 3. The summed E-state index contributed by atoms with van der Waals surface area (Å²) in [7, 11) is 0. The minimum absolute atomic E-state index is 0.0254. The van der Waals surface area contributed by atoms with E-state index in [9.17, 15) is 10.1 Å². The lowest BCUT2D eigenvalue weighted by Gasteiger charge is -2.15. The number of hydrogen-bond donors (Lipinski definition) is 0. The molecule has 2 heterocycles. The third-order valence-corrected chi connectivity index (χ3v) is 3.24. The van der Waals surface area contributed by atoms with Crippen molar-refractivity contribution >= 4 is 22.1 Å². The Kier molecular flexibility index (Phi) is 2.03. The number of benzene rings is 2. The van der Waals surface area contributed by atoms with E-state index in [4.69, 9.17) is 0 Å². The van der Waals surface area contributed by atoms with Crippen LogP contribution in [0.15, 0.2) is 48.5 Å². The highest BCUT2D eigenvalue weighted by molar-refractivity contribution is 5.80. The van der Waals surface area contributed by atoms with Crippen molar-refractivity contribution in [1.82, 2.24) is 14.7 Å². The van der Waals surface area contributed by atoms with Gasteiger partial charge < -0.3 is 9.94 Å². The monoisotopic (exact) mass is 264 g/mol. The van der Waals surface area contributed by atoms with Crippen LogP contribution in [0.25, 0.3) is 33.7 Å². The third kappa shape index (κ3) is 1.33. The second-order valence-electron chi connectivity index (χ2n) is 4.44. The molecule has 0 spiro atoms. The van der Waals surface area contributed by atoms with E-state index in [1.54, 1.807) is 48.5 Å². The summed E-state index contributed by atoms with van der Waals surface area (Å²) in [5.41, 5.74) is 1.72. The summed E-state index contributed by atoms with van der Waals surface area (Å²) in [6.45, 7) is 0. The van der Waals surface area contributed by atoms with Crippen LogP contribution in [0.5, 0.6) is 0 Å². The Hall–Kier alpha value is -3.02. The highest BCUT2D eigenvalue weighted by atomic mass is 16.5. The molecule has 0 fully saturated rings. The minimum atomic E-state index is 0.0254. The van der Waals surface area contributed by atoms with Crippen LogP contribution in [-0.4, -0.2) is 14.7 Å². The first-order chi connectivity index (χ1) is 9.75. The van der Waals surface area contributed by atoms with Crippen molar-refractivity contribution in [2.24, 2.45) is 0 Å². The topological polar surface area (TPSA) is 76.7 Å². The van der Waals surface area contributed by atoms with Crippen molar-refractivity contribution in [3.63, 3.8) is 0 Å². The fourth-order valence-corrected chi connectivity index (χ4v) is 2.29. The van der Waals surface area contributed by atoms with Crippen molar-refractivity contribution < 1.29 is 4.43 Å². The second-order valence-corrected chi connectivity index (χ2v) is 4.44. The molecule has 2 aliphatic heterocycles. The molecule has 20 heavy (non-hydrogen) atoms. The van der Waals surface area contributed by atoms with Gasteiger partial charge in [-0.3, -0.25) is 0 Å². The summed E-state index contributed by atoms with van der Waals surface area (Å²) in [4.78, 5) is 20.9. The van der Waals surface area contributed by atoms with Gasteiger partial charge in [0.05, 0.1) is 5.52 Å². The lowest BCUT2D eigenvalue weighted by Crippen LogP contribution is -2.25. The molecule has 0 amide bonds. The summed E-state index contributed by atoms with van der Waals surface area (Å²) >= 11 is 0. The van der Waals surface area contributed by atoms with Crippen molar-refractivity contribution in [3.8, 4) is 11.6 Å². The van der Waals surface area contributed by atoms with Crippen LogP contribution in [0.1, 0.15) is 0 Å². The van der Waals surface area contributed by atoms with Gasteiger partial charge in [-0.05, 0) is 29.2 Å². The molecule has 2 aromatic carbocycles. The van der Waals surface area contributed by atoms with Crippen LogP contribution < -0.4 is 4.43 Å². The number of rotatable bonds is 0. The smallest absolute Gasteiger partial charge is 0.410 e. The second kappa shape index (κ2) is 3.74. The van der Waals surface area contributed by atoms with E-state index < -0.39 is 0 Å². The first kappa shape index (κ1) is 10.9. The molecule has 0 aliphatic carbocycles. The molecule has 0 saturated heterocycles. The molecule has 0 bridgehead atoms. The largest absolute Gasteiger partial charge is 0.804 e. The Bertz CT molecular complexity index is 993. The van der Waals surface area contributed by atoms with Gasteiger partial charge in [-0.25, -0.2) is 4.98 Å². The van der Waals surface area contributed by atoms with Crippen molar-refractivity contribution in [2.75, 3.05) is 0 Å². The molecule has 2 aliphatic rings. The Morgan fingerprint density at radius 2 is 1.65 bits per heavy atom. The van der Waals surface area contributed by atoms with Crippen LogP contribution in [0.3, 0.4) is 0 Å². The molecule has 0 unspecified atom stereocenters. The average molecular weight is 264 g/mol. The van der Waals surface area contributed by atoms with Gasteiger partial charge in [0.15, 0.2) is 5.52 Å². The van der Waals surface area contributed by atoms with E-state index in [1.807, 2.05) is 0 Å². The van der Waals surface area contributed by atoms with Crippen LogP contribution in [0.2, 0.25) is 0 Å². The number of para-hydroxylation sites is 4. The van der Waals surface area contributed by atoms with Gasteiger partial charge in [0.25, 0.3) is 0 Å². The summed E-state index contributed by atoms with van der Waals surface area (Å²) in [6, 6.07) is 13.7. The molecule has 0 saturated carbocycles. The lowest BCUT2D eigenvalue weighted by atomic mass is 10.2. The van der Waals surface area contributed by atoms with E-state index >= 15 is 0 Å². The predicted molar refractivity (Wildman–Crippen MR) is 73.8 cm³/mol. The van der Waals surface area contributed by atoms with Gasteiger partial charge in [-0.2, -0.15) is 0 Å². The first-order valence-corrected chi connectivity index (χ1v) is 6.06. The third-order valence-electron chi connectivity index (χ3n) is 3.24. The van der Waals surface area contributed by atoms with E-state index in [1.165, 1.54) is 0 Å². The Balaban J connectivity index is 2.32. The zero-order valence-corrected chi connectivity index (χ0v) is 10.2. The van der Waals surface area contributed by atoms with Gasteiger partial charge >= 0.3 is 5.82 Å². The molecular formula is C14H8N4O2. The molecule has 6 nitrogen and oxygen atoms in total. The first-order valence-electron chi connectivity index (χ1n) is 6.06. The lowest BCUT2D eigenvalue weighted by molar-refractivity contribution is -0.455. The summed E-state index contributed by atoms with van der Waals surface area (Å²) in [6.07, 6.45) is 0. The van der Waals surface area contributed by atoms with Crippen molar-refractivity contribution in [3.05, 3.63) is 58.6 Å². The minimum Gasteiger partial charge on any atom is -0.804 e. The Morgan fingerprint density at radius 3 is 2.50 bits per heavy atom. The molecule has 96 valence electrons. The predicted octanol–water partition coefficient (Wildman–Crippen LogP) is 1.95. The highest BCUT2D eigenvalue weighted by Crippen LogP contribution is 2.21. The Labute approximate surface area is 112 Å². The van der Waals surface area contributed by atoms with Crippen LogP contribution in [-0.2, 0) is 0 Å². The SMILES string of the molecule is O=[n+]1c2nc3ccccc3n([O-])c-2nc2ccccc21. The zero-order valence-electron chi connectivity index (χ0n) is 10.2. The van der Waals surface area contributed by atoms with E-state index in [2.05, 4.69) is 9.97 Å². The molecule has 0 radical (unpaired) electrons. The van der Waals surface area contributed by atoms with Gasteiger partial charge in [-0.15, -0.1) is 0 Å². The van der Waals surface area contributed by atoms with E-state index in [-0.39, 0.29) is 11.6 Å². The molecule has 6 heteroatoms. The van der Waals surface area contributed by atoms with Gasteiger partial charge in [-0.1, -0.05) is 29.2 Å². The number of aromatic nitrogens is 4. The maximum atomic E-state index is 12.3. The summed E-state index contributed by atoms with van der Waals surface area (Å²) in [5, 5.41) is 12.3. The summed E-state index contributed by atoms with van der Waals surface area (Å²) < 4.78 is 1.30.